The van der Waals surface area contributed by atoms with Crippen LogP contribution < -0.4 is 0 Å². The maximum Gasteiger partial charge on any atom is 0.313 e. The van der Waals surface area contributed by atoms with Crippen LogP contribution in [0.2, 0.25) is 0 Å². The first kappa shape index (κ1) is 7.99. The minimum absolute atomic E-state index is 0.0360. The average molecular weight is 174 g/mol. The van der Waals surface area contributed by atoms with E-state index in [-0.39, 0.29) is 5.75 Å². The van der Waals surface area contributed by atoms with Crippen LogP contribution in [0.3, 0.4) is 0 Å². The summed E-state index contributed by atoms with van der Waals surface area (Å²) in [5.41, 5.74) is 0. The molecule has 7 heteroatoms. The summed E-state index contributed by atoms with van der Waals surface area (Å²) in [4.78, 5) is 11.4. The summed E-state index contributed by atoms with van der Waals surface area (Å²) in [5, 5.41) is 19.6. The normalized spacial score (nSPS) is 9.91. The number of carboxylic acid groups (broad SMARTS) is 1. The van der Waals surface area contributed by atoms with Gasteiger partial charge in [-0.25, -0.2) is 0 Å². The van der Waals surface area contributed by atoms with Crippen LogP contribution in [0.1, 0.15) is 0 Å². The SMILES string of the molecule is Cn1nnc(SCC(=O)O)n1. The zero-order valence-corrected chi connectivity index (χ0v) is 6.58. The fraction of sp³-hybridized carbons (Fsp3) is 0.500. The lowest BCUT2D eigenvalue weighted by molar-refractivity contribution is -0.133. The Morgan fingerprint density at radius 3 is 3.00 bits per heavy atom. The van der Waals surface area contributed by atoms with Gasteiger partial charge in [0.25, 0.3) is 0 Å². The molecule has 0 aliphatic rings. The van der Waals surface area contributed by atoms with Crippen molar-refractivity contribution in [2.45, 2.75) is 5.16 Å². The lowest BCUT2D eigenvalue weighted by atomic mass is 10.8. The van der Waals surface area contributed by atoms with Gasteiger partial charge in [0.1, 0.15) is 0 Å². The Morgan fingerprint density at radius 1 is 1.82 bits per heavy atom. The fourth-order valence-electron chi connectivity index (χ4n) is 0.451. The number of carboxylic acids is 1. The van der Waals surface area contributed by atoms with E-state index in [1.54, 1.807) is 7.05 Å². The van der Waals surface area contributed by atoms with Crippen molar-refractivity contribution in [2.75, 3.05) is 5.75 Å². The molecule has 0 saturated carbocycles. The number of thioether (sulfide) groups is 1. The van der Waals surface area contributed by atoms with E-state index < -0.39 is 5.97 Å². The Hall–Kier alpha value is -1.11. The Labute approximate surface area is 66.6 Å². The van der Waals surface area contributed by atoms with Crippen LogP contribution in [-0.2, 0) is 11.8 Å². The summed E-state index contributed by atoms with van der Waals surface area (Å²) in [6.07, 6.45) is 0. The Balaban J connectivity index is 2.45. The minimum Gasteiger partial charge on any atom is -0.481 e. The second-order valence-corrected chi connectivity index (χ2v) is 2.69. The zero-order chi connectivity index (χ0) is 8.27. The number of rotatable bonds is 3. The second kappa shape index (κ2) is 3.33. The van der Waals surface area contributed by atoms with E-state index in [9.17, 15) is 4.79 Å². The molecular formula is C4H6N4O2S. The molecule has 11 heavy (non-hydrogen) atoms. The molecule has 0 fully saturated rings. The first-order chi connectivity index (χ1) is 5.18. The molecule has 6 nitrogen and oxygen atoms in total. The van der Waals surface area contributed by atoms with Crippen LogP contribution in [0.25, 0.3) is 0 Å². The number of nitrogens with zero attached hydrogens (tertiary/aromatic N) is 4. The molecule has 0 amide bonds. The molecule has 0 radical (unpaired) electrons. The summed E-state index contributed by atoms with van der Waals surface area (Å²) in [6.45, 7) is 0. The first-order valence-corrected chi connectivity index (χ1v) is 3.75. The molecule has 0 aliphatic heterocycles. The van der Waals surface area contributed by atoms with Crippen molar-refractivity contribution in [3.8, 4) is 0 Å². The summed E-state index contributed by atoms with van der Waals surface area (Å²) < 4.78 is 0. The second-order valence-electron chi connectivity index (χ2n) is 1.74. The third-order valence-corrected chi connectivity index (χ3v) is 1.63. The van der Waals surface area contributed by atoms with Crippen LogP contribution in [-0.4, -0.2) is 37.0 Å². The summed E-state index contributed by atoms with van der Waals surface area (Å²) in [7, 11) is 1.62. The molecule has 1 aromatic heterocycles. The molecule has 0 spiro atoms. The van der Waals surface area contributed by atoms with Gasteiger partial charge in [0.15, 0.2) is 0 Å². The predicted octanol–water partition coefficient (Wildman–Crippen LogP) is -0.613. The first-order valence-electron chi connectivity index (χ1n) is 2.77. The fourth-order valence-corrected chi connectivity index (χ4v) is 0.974. The molecule has 0 aliphatic carbocycles. The van der Waals surface area contributed by atoms with Crippen molar-refractivity contribution in [3.05, 3.63) is 0 Å². The number of carbonyl (C=O) groups is 1. The Kier molecular flexibility index (Phi) is 2.42. The molecule has 0 saturated heterocycles. The van der Waals surface area contributed by atoms with Crippen LogP contribution in [0.15, 0.2) is 5.16 Å². The Morgan fingerprint density at radius 2 is 2.55 bits per heavy atom. The van der Waals surface area contributed by atoms with Crippen LogP contribution in [0.5, 0.6) is 0 Å². The van der Waals surface area contributed by atoms with E-state index in [2.05, 4.69) is 15.4 Å². The lowest BCUT2D eigenvalue weighted by Gasteiger charge is -1.86. The van der Waals surface area contributed by atoms with Gasteiger partial charge in [-0.2, -0.15) is 4.80 Å². The van der Waals surface area contributed by atoms with Gasteiger partial charge in [-0.05, 0) is 5.21 Å². The van der Waals surface area contributed by atoms with E-state index in [0.29, 0.717) is 5.16 Å². The molecule has 1 rings (SSSR count). The predicted molar refractivity (Wildman–Crippen MR) is 37.2 cm³/mol. The molecule has 0 aromatic carbocycles. The smallest absolute Gasteiger partial charge is 0.313 e. The average Bonchev–Trinajstić information content (AvgIpc) is 2.31. The minimum atomic E-state index is -0.887. The van der Waals surface area contributed by atoms with Gasteiger partial charge in [-0.3, -0.25) is 4.79 Å². The number of aryl methyl sites for hydroxylation is 1. The van der Waals surface area contributed by atoms with Crippen molar-refractivity contribution in [2.24, 2.45) is 7.05 Å². The highest BCUT2D eigenvalue weighted by Gasteiger charge is 2.03. The van der Waals surface area contributed by atoms with Crippen molar-refractivity contribution >= 4 is 17.7 Å². The third-order valence-electron chi connectivity index (χ3n) is 0.815. The van der Waals surface area contributed by atoms with Gasteiger partial charge in [0.2, 0.25) is 5.16 Å². The van der Waals surface area contributed by atoms with Gasteiger partial charge < -0.3 is 5.11 Å². The number of hydrogen-bond acceptors (Lipinski definition) is 5. The van der Waals surface area contributed by atoms with Crippen molar-refractivity contribution in [1.29, 1.82) is 0 Å². The number of hydrogen-bond donors (Lipinski definition) is 1. The molecule has 0 unspecified atom stereocenters. The van der Waals surface area contributed by atoms with E-state index in [1.807, 2.05) is 0 Å². The summed E-state index contributed by atoms with van der Waals surface area (Å²) in [6, 6.07) is 0. The van der Waals surface area contributed by atoms with Crippen molar-refractivity contribution in [1.82, 2.24) is 20.2 Å². The van der Waals surface area contributed by atoms with E-state index in [4.69, 9.17) is 5.11 Å². The molecule has 0 bridgehead atoms. The van der Waals surface area contributed by atoms with E-state index >= 15 is 0 Å². The Bertz CT molecular complexity index is 260. The maximum atomic E-state index is 10.1. The van der Waals surface area contributed by atoms with E-state index in [0.717, 1.165) is 11.8 Å². The molecule has 60 valence electrons. The molecule has 0 atom stereocenters. The van der Waals surface area contributed by atoms with Crippen molar-refractivity contribution < 1.29 is 9.90 Å². The highest BCUT2D eigenvalue weighted by atomic mass is 32.2. The summed E-state index contributed by atoms with van der Waals surface area (Å²) >= 11 is 1.04. The molecule has 1 aromatic rings. The standard InChI is InChI=1S/C4H6N4O2S/c1-8-6-4(5-7-8)11-2-3(9)10/h2H2,1H3,(H,9,10). The maximum absolute atomic E-state index is 10.1. The molecular weight excluding hydrogens is 168 g/mol. The zero-order valence-electron chi connectivity index (χ0n) is 5.76. The highest BCUT2D eigenvalue weighted by Crippen LogP contribution is 2.08. The number of aliphatic carboxylic acids is 1. The number of tetrazole rings is 1. The van der Waals surface area contributed by atoms with Crippen LogP contribution in [0, 0.1) is 0 Å². The lowest BCUT2D eigenvalue weighted by Crippen LogP contribution is -1.98. The van der Waals surface area contributed by atoms with E-state index in [1.165, 1.54) is 4.80 Å². The van der Waals surface area contributed by atoms with Gasteiger partial charge in [0.05, 0.1) is 12.8 Å². The third kappa shape index (κ3) is 2.54. The quantitative estimate of drug-likeness (QED) is 0.615. The van der Waals surface area contributed by atoms with Crippen LogP contribution >= 0.6 is 11.8 Å². The topological polar surface area (TPSA) is 80.9 Å². The van der Waals surface area contributed by atoms with Gasteiger partial charge >= 0.3 is 5.97 Å². The highest BCUT2D eigenvalue weighted by molar-refractivity contribution is 7.99. The monoisotopic (exact) mass is 174 g/mol. The van der Waals surface area contributed by atoms with Crippen molar-refractivity contribution in [3.63, 3.8) is 0 Å². The number of aromatic nitrogens is 4. The largest absolute Gasteiger partial charge is 0.481 e. The summed E-state index contributed by atoms with van der Waals surface area (Å²) in [5.74, 6) is -0.923. The molecule has 1 heterocycles. The van der Waals surface area contributed by atoms with Crippen LogP contribution in [0.4, 0.5) is 0 Å². The van der Waals surface area contributed by atoms with Gasteiger partial charge in [-0.15, -0.1) is 10.2 Å². The van der Waals surface area contributed by atoms with Gasteiger partial charge in [0, 0.05) is 0 Å². The van der Waals surface area contributed by atoms with Gasteiger partial charge in [-0.1, -0.05) is 11.8 Å². The molecule has 1 N–H and O–H groups in total.